The maximum atomic E-state index is 10.7. The number of aryl methyl sites for hydroxylation is 1. The average molecular weight is 217 g/mol. The van der Waals surface area contributed by atoms with Gasteiger partial charge < -0.3 is 20.2 Å². The Balaban J connectivity index is 3.15. The molecule has 0 aliphatic heterocycles. The lowest BCUT2D eigenvalue weighted by Gasteiger charge is -2.21. The van der Waals surface area contributed by atoms with Crippen LogP contribution in [0, 0.1) is 6.92 Å². The molecule has 0 amide bonds. The van der Waals surface area contributed by atoms with Crippen LogP contribution in [0.2, 0.25) is 0 Å². The van der Waals surface area contributed by atoms with E-state index in [-0.39, 0.29) is 17.2 Å². The predicted octanol–water partition coefficient (Wildman–Crippen LogP) is 0.245. The first-order chi connectivity index (χ1) is 6.29. The fourth-order valence-electron chi connectivity index (χ4n) is 1.05. The van der Waals surface area contributed by atoms with Crippen LogP contribution in [-0.2, 0) is 4.57 Å². The molecule has 0 radical (unpaired) electrons. The van der Waals surface area contributed by atoms with E-state index < -0.39 is 7.67 Å². The van der Waals surface area contributed by atoms with Gasteiger partial charge in [0.05, 0.1) is 5.69 Å². The van der Waals surface area contributed by atoms with Crippen molar-refractivity contribution >= 4 is 13.4 Å². The molecule has 1 unspecified atom stereocenters. The maximum absolute atomic E-state index is 10.7. The monoisotopic (exact) mass is 217 g/mol. The van der Waals surface area contributed by atoms with E-state index in [0.717, 1.165) is 6.07 Å². The van der Waals surface area contributed by atoms with E-state index in [9.17, 15) is 14.6 Å². The third kappa shape index (κ3) is 2.63. The molecular weight excluding hydrogens is 207 g/mol. The molecule has 1 rings (SSSR count). The molecule has 0 fully saturated rings. The van der Waals surface area contributed by atoms with Crippen LogP contribution in [0.1, 0.15) is 5.56 Å². The Bertz CT molecular complexity index is 378. The van der Waals surface area contributed by atoms with Crippen molar-refractivity contribution in [3.05, 3.63) is 17.7 Å². The van der Waals surface area contributed by atoms with Gasteiger partial charge >= 0.3 is 0 Å². The molecule has 0 spiro atoms. The van der Waals surface area contributed by atoms with Crippen molar-refractivity contribution in [3.8, 4) is 11.5 Å². The van der Waals surface area contributed by atoms with Gasteiger partial charge in [0, 0.05) is 6.07 Å². The van der Waals surface area contributed by atoms with Gasteiger partial charge in [-0.15, -0.1) is 0 Å². The van der Waals surface area contributed by atoms with E-state index in [4.69, 9.17) is 10.6 Å². The number of aromatic hydroxyl groups is 2. The SMILES string of the molecule is Cc1cc(O)cc(O)c1NP(N)(=O)[O-]. The van der Waals surface area contributed by atoms with Gasteiger partial charge in [-0.2, -0.15) is 0 Å². The quantitative estimate of drug-likeness (QED) is 0.320. The summed E-state index contributed by atoms with van der Waals surface area (Å²) >= 11 is 0. The smallest absolute Gasteiger partial charge is 0.165 e. The molecule has 1 atom stereocenters. The number of phenols is 2. The first kappa shape index (κ1) is 10.8. The van der Waals surface area contributed by atoms with Crippen molar-refractivity contribution in [2.24, 2.45) is 5.50 Å². The summed E-state index contributed by atoms with van der Waals surface area (Å²) in [7, 11) is -4.20. The van der Waals surface area contributed by atoms with Crippen LogP contribution in [0.3, 0.4) is 0 Å². The topological polar surface area (TPSA) is 119 Å². The second-order valence-electron chi connectivity index (χ2n) is 2.87. The Morgan fingerprint density at radius 3 is 2.50 bits per heavy atom. The van der Waals surface area contributed by atoms with Gasteiger partial charge in [0.1, 0.15) is 11.5 Å². The Morgan fingerprint density at radius 2 is 2.07 bits per heavy atom. The number of rotatable bonds is 2. The minimum Gasteiger partial charge on any atom is -0.772 e. The molecule has 0 aromatic heterocycles. The Labute approximate surface area is 80.6 Å². The molecule has 7 heteroatoms. The molecule has 0 aliphatic rings. The summed E-state index contributed by atoms with van der Waals surface area (Å²) in [5.74, 6) is -0.521. The third-order valence-corrected chi connectivity index (χ3v) is 2.10. The Morgan fingerprint density at radius 1 is 1.50 bits per heavy atom. The van der Waals surface area contributed by atoms with Gasteiger partial charge in [-0.1, -0.05) is 0 Å². The molecule has 1 aromatic rings. The maximum Gasteiger partial charge on any atom is 0.165 e. The highest BCUT2D eigenvalue weighted by Gasteiger charge is 2.09. The lowest BCUT2D eigenvalue weighted by atomic mass is 10.2. The molecule has 0 saturated carbocycles. The highest BCUT2D eigenvalue weighted by Crippen LogP contribution is 2.37. The van der Waals surface area contributed by atoms with Crippen LogP contribution in [0.4, 0.5) is 5.69 Å². The zero-order valence-corrected chi connectivity index (χ0v) is 8.28. The van der Waals surface area contributed by atoms with Gasteiger partial charge in [0.2, 0.25) is 0 Å². The van der Waals surface area contributed by atoms with E-state index in [1.54, 1.807) is 0 Å². The average Bonchev–Trinajstić information content (AvgIpc) is 1.95. The van der Waals surface area contributed by atoms with Crippen molar-refractivity contribution in [2.75, 3.05) is 5.09 Å². The third-order valence-electron chi connectivity index (χ3n) is 1.57. The molecule has 0 aliphatic carbocycles. The van der Waals surface area contributed by atoms with Crippen molar-refractivity contribution in [3.63, 3.8) is 0 Å². The second-order valence-corrected chi connectivity index (χ2v) is 4.28. The Kier molecular flexibility index (Phi) is 2.71. The van der Waals surface area contributed by atoms with Gasteiger partial charge in [-0.25, -0.2) is 0 Å². The fraction of sp³-hybridized carbons (Fsp3) is 0.143. The summed E-state index contributed by atoms with van der Waals surface area (Å²) in [6.45, 7) is 1.53. The molecule has 6 nitrogen and oxygen atoms in total. The number of hydrogen-bond acceptors (Lipinski definition) is 4. The van der Waals surface area contributed by atoms with Crippen LogP contribution in [0.25, 0.3) is 0 Å². The number of benzene rings is 1. The summed E-state index contributed by atoms with van der Waals surface area (Å²) in [6, 6.07) is 2.32. The summed E-state index contributed by atoms with van der Waals surface area (Å²) < 4.78 is 10.7. The highest BCUT2D eigenvalue weighted by molar-refractivity contribution is 7.55. The van der Waals surface area contributed by atoms with E-state index in [1.165, 1.54) is 13.0 Å². The van der Waals surface area contributed by atoms with Crippen LogP contribution in [-0.4, -0.2) is 10.2 Å². The van der Waals surface area contributed by atoms with Crippen molar-refractivity contribution < 1.29 is 19.7 Å². The van der Waals surface area contributed by atoms with Gasteiger partial charge in [0.25, 0.3) is 0 Å². The van der Waals surface area contributed by atoms with E-state index in [1.807, 2.05) is 5.09 Å². The lowest BCUT2D eigenvalue weighted by Crippen LogP contribution is -2.17. The minimum atomic E-state index is -4.20. The fourth-order valence-corrected chi connectivity index (χ4v) is 1.65. The predicted molar refractivity (Wildman–Crippen MR) is 49.9 cm³/mol. The Hall–Kier alpha value is -1.23. The summed E-state index contributed by atoms with van der Waals surface area (Å²) in [6.07, 6.45) is 0. The molecule has 78 valence electrons. The van der Waals surface area contributed by atoms with Crippen LogP contribution in [0.15, 0.2) is 12.1 Å². The minimum absolute atomic E-state index is 0.0244. The van der Waals surface area contributed by atoms with Crippen LogP contribution < -0.4 is 15.5 Å². The summed E-state index contributed by atoms with van der Waals surface area (Å²) in [5, 5.41) is 20.3. The second kappa shape index (κ2) is 3.49. The summed E-state index contributed by atoms with van der Waals surface area (Å²) in [5.41, 5.74) is 5.11. The molecule has 0 heterocycles. The van der Waals surface area contributed by atoms with Crippen molar-refractivity contribution in [1.29, 1.82) is 0 Å². The van der Waals surface area contributed by atoms with Gasteiger partial charge in [-0.3, -0.25) is 10.1 Å². The molecule has 0 saturated heterocycles. The zero-order chi connectivity index (χ0) is 10.9. The van der Waals surface area contributed by atoms with E-state index >= 15 is 0 Å². The number of phenolic OH excluding ortho intramolecular Hbond substituents is 2. The number of hydrogen-bond donors (Lipinski definition) is 4. The van der Waals surface area contributed by atoms with Crippen molar-refractivity contribution in [1.82, 2.24) is 0 Å². The van der Waals surface area contributed by atoms with Crippen LogP contribution in [0.5, 0.6) is 11.5 Å². The largest absolute Gasteiger partial charge is 0.772 e. The molecule has 14 heavy (non-hydrogen) atoms. The number of nitrogens with one attached hydrogen (secondary N) is 1. The van der Waals surface area contributed by atoms with Crippen molar-refractivity contribution in [2.45, 2.75) is 6.92 Å². The standard InChI is InChI=1S/C7H11N2O4P/c1-4-2-5(10)3-6(11)7(4)9-14(8,12)13/h2-3,10-11H,1H3,(H4,8,9,12,13)/p-1. The molecule has 0 bridgehead atoms. The molecular formula is C7H10N2O4P-. The normalized spacial score (nSPS) is 14.8. The van der Waals surface area contributed by atoms with Gasteiger partial charge in [0.15, 0.2) is 7.67 Å². The van der Waals surface area contributed by atoms with Gasteiger partial charge in [-0.05, 0) is 18.6 Å². The highest BCUT2D eigenvalue weighted by atomic mass is 31.2. The lowest BCUT2D eigenvalue weighted by molar-refractivity contribution is -0.173. The van der Waals surface area contributed by atoms with Crippen LogP contribution >= 0.6 is 7.67 Å². The molecule has 5 N–H and O–H groups in total. The zero-order valence-electron chi connectivity index (χ0n) is 7.39. The summed E-state index contributed by atoms with van der Waals surface area (Å²) in [4.78, 5) is 10.7. The first-order valence-electron chi connectivity index (χ1n) is 3.70. The first-order valence-corrected chi connectivity index (χ1v) is 5.39. The van der Waals surface area contributed by atoms with E-state index in [0.29, 0.717) is 5.56 Å². The molecule has 1 aromatic carbocycles. The number of anilines is 1. The number of nitrogens with two attached hydrogens (primary N) is 1. The van der Waals surface area contributed by atoms with E-state index in [2.05, 4.69) is 0 Å².